The van der Waals surface area contributed by atoms with Gasteiger partial charge < -0.3 is 18.9 Å². The van der Waals surface area contributed by atoms with Gasteiger partial charge in [0.15, 0.2) is 17.3 Å². The Bertz CT molecular complexity index is 897. The first kappa shape index (κ1) is 16.9. The molecule has 1 unspecified atom stereocenters. The second-order valence-corrected chi connectivity index (χ2v) is 7.69. The molecule has 1 aromatic carbocycles. The van der Waals surface area contributed by atoms with E-state index in [1.807, 2.05) is 4.90 Å². The van der Waals surface area contributed by atoms with E-state index < -0.39 is 0 Å². The number of likely N-dealkylation sites (tertiary alicyclic amines) is 1. The lowest BCUT2D eigenvalue weighted by Crippen LogP contribution is -2.32. The summed E-state index contributed by atoms with van der Waals surface area (Å²) in [5.74, 6) is 2.95. The van der Waals surface area contributed by atoms with Crippen LogP contribution in [0.5, 0.6) is 11.5 Å². The normalized spacial score (nSPS) is 21.2. The summed E-state index contributed by atoms with van der Waals surface area (Å²) in [5, 5.41) is 9.28. The molecule has 1 fully saturated rings. The fraction of sp³-hybridized carbons (Fsp3) is 0.526. The lowest BCUT2D eigenvalue weighted by atomic mass is 10.1. The van der Waals surface area contributed by atoms with Gasteiger partial charge in [0.1, 0.15) is 5.82 Å². The van der Waals surface area contributed by atoms with Crippen LogP contribution in [0.1, 0.15) is 60.2 Å². The van der Waals surface area contributed by atoms with Gasteiger partial charge >= 0.3 is 0 Å². The minimum absolute atomic E-state index is 0.0407. The van der Waals surface area contributed by atoms with E-state index >= 15 is 0 Å². The number of hydrogen-bond acceptors (Lipinski definition) is 5. The summed E-state index contributed by atoms with van der Waals surface area (Å²) in [4.78, 5) is 15.2. The Morgan fingerprint density at radius 3 is 2.96 bits per heavy atom. The predicted octanol–water partition coefficient (Wildman–Crippen LogP) is 3.36. The number of rotatable bonds is 2. The van der Waals surface area contributed by atoms with E-state index in [2.05, 4.69) is 14.8 Å². The molecule has 0 spiro atoms. The Morgan fingerprint density at radius 1 is 1.11 bits per heavy atom. The molecule has 142 valence electrons. The zero-order valence-electron chi connectivity index (χ0n) is 15.0. The van der Waals surface area contributed by atoms with Crippen molar-refractivity contribution in [2.45, 2.75) is 51.1 Å². The van der Waals surface area contributed by atoms with E-state index in [9.17, 15) is 4.79 Å². The first-order valence-corrected chi connectivity index (χ1v) is 9.92. The van der Waals surface area contributed by atoms with E-state index in [1.165, 1.54) is 6.42 Å². The minimum atomic E-state index is -0.0522. The first-order valence-electron chi connectivity index (χ1n) is 9.54. The molecule has 1 amide bonds. The van der Waals surface area contributed by atoms with Crippen molar-refractivity contribution >= 4 is 17.5 Å². The van der Waals surface area contributed by atoms with E-state index in [-0.39, 0.29) is 18.7 Å². The van der Waals surface area contributed by atoms with Gasteiger partial charge in [-0.05, 0) is 37.8 Å². The number of hydrogen-bond donors (Lipinski definition) is 0. The quantitative estimate of drug-likeness (QED) is 0.788. The SMILES string of the molecule is O=C(c1cc(Cl)c2c(c1)OCO2)N1CCCC1c1nnc2n1CCCCC2. The third-order valence-corrected chi connectivity index (χ3v) is 5.90. The van der Waals surface area contributed by atoms with Gasteiger partial charge in [-0.3, -0.25) is 4.79 Å². The molecule has 4 heterocycles. The number of nitrogens with zero attached hydrogens (tertiary/aromatic N) is 4. The van der Waals surface area contributed by atoms with Gasteiger partial charge in [0, 0.05) is 25.1 Å². The van der Waals surface area contributed by atoms with Crippen molar-refractivity contribution in [1.82, 2.24) is 19.7 Å². The van der Waals surface area contributed by atoms with E-state index in [4.69, 9.17) is 21.1 Å². The van der Waals surface area contributed by atoms with Gasteiger partial charge in [0.05, 0.1) is 11.1 Å². The van der Waals surface area contributed by atoms with Gasteiger partial charge in [0.2, 0.25) is 6.79 Å². The molecule has 7 nitrogen and oxygen atoms in total. The van der Waals surface area contributed by atoms with Gasteiger partial charge in [-0.15, -0.1) is 10.2 Å². The first-order chi connectivity index (χ1) is 13.2. The number of ether oxygens (including phenoxy) is 2. The molecule has 1 saturated heterocycles. The largest absolute Gasteiger partial charge is 0.454 e. The van der Waals surface area contributed by atoms with Crippen LogP contribution in [-0.4, -0.2) is 38.9 Å². The van der Waals surface area contributed by atoms with Crippen LogP contribution < -0.4 is 9.47 Å². The van der Waals surface area contributed by atoms with Crippen LogP contribution in [0.2, 0.25) is 5.02 Å². The standard InChI is InChI=1S/C19H21ClN4O3/c20-13-9-12(10-15-17(13)27-11-26-15)19(25)23-8-4-5-14(23)18-22-21-16-6-2-1-3-7-24(16)18/h9-10,14H,1-8,11H2. The highest BCUT2D eigenvalue weighted by atomic mass is 35.5. The second kappa shape index (κ2) is 6.71. The van der Waals surface area contributed by atoms with E-state index in [0.29, 0.717) is 28.6 Å². The van der Waals surface area contributed by atoms with Crippen molar-refractivity contribution in [3.63, 3.8) is 0 Å². The van der Waals surface area contributed by atoms with Crippen LogP contribution in [0.25, 0.3) is 0 Å². The summed E-state index contributed by atoms with van der Waals surface area (Å²) in [7, 11) is 0. The highest BCUT2D eigenvalue weighted by molar-refractivity contribution is 6.32. The molecule has 3 aliphatic heterocycles. The number of fused-ring (bicyclic) bond motifs is 2. The molecule has 0 saturated carbocycles. The molecule has 1 atom stereocenters. The second-order valence-electron chi connectivity index (χ2n) is 7.29. The van der Waals surface area contributed by atoms with Crippen molar-refractivity contribution in [3.8, 4) is 11.5 Å². The molecule has 0 N–H and O–H groups in total. The molecule has 27 heavy (non-hydrogen) atoms. The number of carbonyl (C=O) groups is 1. The number of amides is 1. The van der Waals surface area contributed by atoms with Crippen LogP contribution in [0.3, 0.4) is 0 Å². The summed E-state index contributed by atoms with van der Waals surface area (Å²) in [5.41, 5.74) is 0.520. The maximum atomic E-state index is 13.3. The van der Waals surface area contributed by atoms with Crippen molar-refractivity contribution < 1.29 is 14.3 Å². The molecule has 3 aliphatic rings. The van der Waals surface area contributed by atoms with Crippen LogP contribution in [0.15, 0.2) is 12.1 Å². The molecule has 0 radical (unpaired) electrons. The van der Waals surface area contributed by atoms with Gasteiger partial charge in [-0.1, -0.05) is 18.0 Å². The van der Waals surface area contributed by atoms with E-state index in [0.717, 1.165) is 50.3 Å². The Labute approximate surface area is 162 Å². The average Bonchev–Trinajstić information content (AvgIpc) is 3.37. The number of carbonyl (C=O) groups excluding carboxylic acids is 1. The third kappa shape index (κ3) is 2.84. The van der Waals surface area contributed by atoms with Crippen molar-refractivity contribution in [2.75, 3.05) is 13.3 Å². The maximum Gasteiger partial charge on any atom is 0.254 e. The monoisotopic (exact) mass is 388 g/mol. The molecular weight excluding hydrogens is 368 g/mol. The van der Waals surface area contributed by atoms with E-state index in [1.54, 1.807) is 12.1 Å². The van der Waals surface area contributed by atoms with Crippen LogP contribution in [0.4, 0.5) is 0 Å². The number of aryl methyl sites for hydroxylation is 1. The summed E-state index contributed by atoms with van der Waals surface area (Å²) in [6.07, 6.45) is 6.33. The number of aromatic nitrogens is 3. The molecule has 0 aliphatic carbocycles. The Morgan fingerprint density at radius 2 is 2.04 bits per heavy atom. The van der Waals surface area contributed by atoms with Gasteiger partial charge in [-0.2, -0.15) is 0 Å². The fourth-order valence-electron chi connectivity index (χ4n) is 4.29. The molecule has 2 aromatic rings. The lowest BCUT2D eigenvalue weighted by Gasteiger charge is -2.25. The van der Waals surface area contributed by atoms with Crippen molar-refractivity contribution in [3.05, 3.63) is 34.4 Å². The summed E-state index contributed by atoms with van der Waals surface area (Å²) in [6.45, 7) is 1.77. The van der Waals surface area contributed by atoms with Gasteiger partial charge in [0.25, 0.3) is 5.91 Å². The zero-order valence-corrected chi connectivity index (χ0v) is 15.7. The Balaban J connectivity index is 1.46. The molecular formula is C19H21ClN4O3. The molecule has 5 rings (SSSR count). The highest BCUT2D eigenvalue weighted by Gasteiger charge is 2.35. The molecule has 8 heteroatoms. The number of benzene rings is 1. The number of halogens is 1. The molecule has 0 bridgehead atoms. The minimum Gasteiger partial charge on any atom is -0.454 e. The predicted molar refractivity (Wildman–Crippen MR) is 98.2 cm³/mol. The summed E-state index contributed by atoms with van der Waals surface area (Å²) < 4.78 is 13.0. The summed E-state index contributed by atoms with van der Waals surface area (Å²) in [6, 6.07) is 3.34. The fourth-order valence-corrected chi connectivity index (χ4v) is 4.55. The topological polar surface area (TPSA) is 69.5 Å². The van der Waals surface area contributed by atoms with Crippen LogP contribution >= 0.6 is 11.6 Å². The van der Waals surface area contributed by atoms with Crippen LogP contribution in [0, 0.1) is 0 Å². The van der Waals surface area contributed by atoms with Crippen molar-refractivity contribution in [2.24, 2.45) is 0 Å². The lowest BCUT2D eigenvalue weighted by molar-refractivity contribution is 0.0726. The van der Waals surface area contributed by atoms with Gasteiger partial charge in [-0.25, -0.2) is 0 Å². The van der Waals surface area contributed by atoms with Crippen molar-refractivity contribution in [1.29, 1.82) is 0 Å². The third-order valence-electron chi connectivity index (χ3n) is 5.62. The van der Waals surface area contributed by atoms with Crippen LogP contribution in [-0.2, 0) is 13.0 Å². The smallest absolute Gasteiger partial charge is 0.254 e. The molecule has 1 aromatic heterocycles. The Hall–Kier alpha value is -2.28. The Kier molecular flexibility index (Phi) is 4.19. The maximum absolute atomic E-state index is 13.3. The average molecular weight is 389 g/mol. The zero-order chi connectivity index (χ0) is 18.4. The summed E-state index contributed by atoms with van der Waals surface area (Å²) >= 11 is 6.27. The highest BCUT2D eigenvalue weighted by Crippen LogP contribution is 2.41.